The summed E-state index contributed by atoms with van der Waals surface area (Å²) in [5.74, 6) is -0.0349. The predicted octanol–water partition coefficient (Wildman–Crippen LogP) is 3.55. The van der Waals surface area contributed by atoms with Gasteiger partial charge >= 0.3 is 0 Å². The SMILES string of the molecule is CC(=O)Cc1ccc(NC(=O)c2c[nH]c3ccccc23)cc1. The van der Waals surface area contributed by atoms with E-state index < -0.39 is 0 Å². The minimum absolute atomic E-state index is 0.121. The van der Waals surface area contributed by atoms with Gasteiger partial charge in [0, 0.05) is 29.2 Å². The van der Waals surface area contributed by atoms with Crippen LogP contribution in [0.5, 0.6) is 0 Å². The molecular formula is C18H16N2O2. The summed E-state index contributed by atoms with van der Waals surface area (Å²) in [4.78, 5) is 26.5. The van der Waals surface area contributed by atoms with Crippen molar-refractivity contribution in [1.29, 1.82) is 0 Å². The number of Topliss-reactive ketones (excluding diaryl/α,β-unsaturated/α-hetero) is 1. The minimum Gasteiger partial charge on any atom is -0.360 e. The van der Waals surface area contributed by atoms with Gasteiger partial charge in [0.2, 0.25) is 0 Å². The molecule has 0 aliphatic carbocycles. The maximum absolute atomic E-state index is 12.4. The molecule has 0 bridgehead atoms. The molecule has 2 N–H and O–H groups in total. The fraction of sp³-hybridized carbons (Fsp3) is 0.111. The Bertz CT molecular complexity index is 832. The first kappa shape index (κ1) is 14.1. The number of fused-ring (bicyclic) bond motifs is 1. The first-order valence-corrected chi connectivity index (χ1v) is 7.09. The van der Waals surface area contributed by atoms with Crippen LogP contribution in [0.1, 0.15) is 22.8 Å². The van der Waals surface area contributed by atoms with Crippen molar-refractivity contribution in [2.24, 2.45) is 0 Å². The number of carbonyl (C=O) groups is 2. The fourth-order valence-corrected chi connectivity index (χ4v) is 2.45. The molecule has 4 nitrogen and oxygen atoms in total. The molecule has 22 heavy (non-hydrogen) atoms. The average molecular weight is 292 g/mol. The molecule has 0 spiro atoms. The summed E-state index contributed by atoms with van der Waals surface area (Å²) in [6.45, 7) is 1.56. The molecule has 0 saturated carbocycles. The summed E-state index contributed by atoms with van der Waals surface area (Å²) in [6.07, 6.45) is 2.13. The van der Waals surface area contributed by atoms with Gasteiger partial charge in [-0.3, -0.25) is 9.59 Å². The van der Waals surface area contributed by atoms with Crippen molar-refractivity contribution in [1.82, 2.24) is 4.98 Å². The number of nitrogens with one attached hydrogen (secondary N) is 2. The van der Waals surface area contributed by atoms with Gasteiger partial charge in [-0.1, -0.05) is 30.3 Å². The Hall–Kier alpha value is -2.88. The van der Waals surface area contributed by atoms with Crippen molar-refractivity contribution in [3.63, 3.8) is 0 Å². The third kappa shape index (κ3) is 2.91. The van der Waals surface area contributed by atoms with E-state index in [1.807, 2.05) is 48.5 Å². The van der Waals surface area contributed by atoms with Gasteiger partial charge in [0.25, 0.3) is 5.91 Å². The molecule has 0 aliphatic rings. The summed E-state index contributed by atoms with van der Waals surface area (Å²) < 4.78 is 0. The highest BCUT2D eigenvalue weighted by molar-refractivity contribution is 6.12. The number of rotatable bonds is 4. The number of amides is 1. The van der Waals surface area contributed by atoms with Crippen molar-refractivity contribution in [2.75, 3.05) is 5.32 Å². The van der Waals surface area contributed by atoms with Crippen LogP contribution in [-0.4, -0.2) is 16.7 Å². The Morgan fingerprint density at radius 1 is 1.05 bits per heavy atom. The Labute approximate surface area is 128 Å². The standard InChI is InChI=1S/C18H16N2O2/c1-12(21)10-13-6-8-14(9-7-13)20-18(22)16-11-19-17-5-3-2-4-15(16)17/h2-9,11,19H,10H2,1H3,(H,20,22). The number of para-hydroxylation sites is 1. The van der Waals surface area contributed by atoms with Gasteiger partial charge in [-0.2, -0.15) is 0 Å². The number of aromatic nitrogens is 1. The van der Waals surface area contributed by atoms with Crippen molar-refractivity contribution >= 4 is 28.3 Å². The van der Waals surface area contributed by atoms with Crippen LogP contribution in [-0.2, 0) is 11.2 Å². The van der Waals surface area contributed by atoms with E-state index in [2.05, 4.69) is 10.3 Å². The summed E-state index contributed by atoms with van der Waals surface area (Å²) in [5.41, 5.74) is 3.20. The third-order valence-corrected chi connectivity index (χ3v) is 3.50. The van der Waals surface area contributed by atoms with E-state index in [9.17, 15) is 9.59 Å². The Morgan fingerprint density at radius 3 is 2.50 bits per heavy atom. The largest absolute Gasteiger partial charge is 0.360 e. The lowest BCUT2D eigenvalue weighted by Crippen LogP contribution is -2.11. The first-order chi connectivity index (χ1) is 10.6. The van der Waals surface area contributed by atoms with Gasteiger partial charge in [0.1, 0.15) is 5.78 Å². The number of benzene rings is 2. The van der Waals surface area contributed by atoms with Crippen molar-refractivity contribution in [3.05, 3.63) is 65.9 Å². The van der Waals surface area contributed by atoms with Crippen molar-refractivity contribution < 1.29 is 9.59 Å². The predicted molar refractivity (Wildman–Crippen MR) is 87.1 cm³/mol. The second-order valence-corrected chi connectivity index (χ2v) is 5.28. The summed E-state index contributed by atoms with van der Waals surface area (Å²) >= 11 is 0. The van der Waals surface area contributed by atoms with E-state index in [-0.39, 0.29) is 11.7 Å². The molecule has 4 heteroatoms. The monoisotopic (exact) mass is 292 g/mol. The molecular weight excluding hydrogens is 276 g/mol. The molecule has 0 fully saturated rings. The van der Waals surface area contributed by atoms with Gasteiger partial charge in [-0.25, -0.2) is 0 Å². The Balaban J connectivity index is 1.78. The highest BCUT2D eigenvalue weighted by atomic mass is 16.1. The maximum atomic E-state index is 12.4. The topological polar surface area (TPSA) is 62.0 Å². The summed E-state index contributed by atoms with van der Waals surface area (Å²) in [6, 6.07) is 15.0. The molecule has 1 aromatic heterocycles. The zero-order valence-electron chi connectivity index (χ0n) is 12.2. The molecule has 1 amide bonds. The fourth-order valence-electron chi connectivity index (χ4n) is 2.45. The molecule has 3 aromatic rings. The van der Waals surface area contributed by atoms with Crippen molar-refractivity contribution in [2.45, 2.75) is 13.3 Å². The molecule has 0 saturated heterocycles. The molecule has 0 unspecified atom stereocenters. The smallest absolute Gasteiger partial charge is 0.257 e. The quantitative estimate of drug-likeness (QED) is 0.772. The first-order valence-electron chi connectivity index (χ1n) is 7.09. The lowest BCUT2D eigenvalue weighted by Gasteiger charge is -2.05. The van der Waals surface area contributed by atoms with Crippen molar-refractivity contribution in [3.8, 4) is 0 Å². The van der Waals surface area contributed by atoms with Crippen LogP contribution in [0.15, 0.2) is 54.7 Å². The van der Waals surface area contributed by atoms with Crippen LogP contribution >= 0.6 is 0 Å². The van der Waals surface area contributed by atoms with Crippen LogP contribution in [0.2, 0.25) is 0 Å². The van der Waals surface area contributed by atoms with Gasteiger partial charge in [0.05, 0.1) is 5.56 Å². The van der Waals surface area contributed by atoms with Gasteiger partial charge in [-0.05, 0) is 30.7 Å². The zero-order chi connectivity index (χ0) is 15.5. The lowest BCUT2D eigenvalue weighted by molar-refractivity contribution is -0.116. The van der Waals surface area contributed by atoms with E-state index in [4.69, 9.17) is 0 Å². The highest BCUT2D eigenvalue weighted by Gasteiger charge is 2.11. The molecule has 0 aliphatic heterocycles. The van der Waals surface area contributed by atoms with E-state index in [1.54, 1.807) is 13.1 Å². The Morgan fingerprint density at radius 2 is 1.77 bits per heavy atom. The Kier molecular flexibility index (Phi) is 3.74. The third-order valence-electron chi connectivity index (χ3n) is 3.50. The highest BCUT2D eigenvalue weighted by Crippen LogP contribution is 2.19. The summed E-state index contributed by atoms with van der Waals surface area (Å²) in [7, 11) is 0. The second-order valence-electron chi connectivity index (χ2n) is 5.28. The van der Waals surface area contributed by atoms with E-state index in [1.165, 1.54) is 0 Å². The summed E-state index contributed by atoms with van der Waals surface area (Å²) in [5, 5.41) is 3.77. The maximum Gasteiger partial charge on any atom is 0.257 e. The lowest BCUT2D eigenvalue weighted by atomic mass is 10.1. The van der Waals surface area contributed by atoms with Crippen LogP contribution in [0.4, 0.5) is 5.69 Å². The van der Waals surface area contributed by atoms with Crippen LogP contribution in [0.25, 0.3) is 10.9 Å². The average Bonchev–Trinajstić information content (AvgIpc) is 2.93. The molecule has 0 radical (unpaired) electrons. The number of anilines is 1. The number of hydrogen-bond acceptors (Lipinski definition) is 2. The van der Waals surface area contributed by atoms with Gasteiger partial charge < -0.3 is 10.3 Å². The number of carbonyl (C=O) groups excluding carboxylic acids is 2. The van der Waals surface area contributed by atoms with Crippen LogP contribution < -0.4 is 5.32 Å². The molecule has 1 heterocycles. The number of aromatic amines is 1. The van der Waals surface area contributed by atoms with Gasteiger partial charge in [-0.15, -0.1) is 0 Å². The van der Waals surface area contributed by atoms with Crippen LogP contribution in [0.3, 0.4) is 0 Å². The molecule has 2 aromatic carbocycles. The van der Waals surface area contributed by atoms with E-state index in [0.717, 1.165) is 16.5 Å². The van der Waals surface area contributed by atoms with E-state index >= 15 is 0 Å². The molecule has 0 atom stereocenters. The van der Waals surface area contributed by atoms with E-state index in [0.29, 0.717) is 17.7 Å². The number of H-pyrrole nitrogens is 1. The molecule has 110 valence electrons. The minimum atomic E-state index is -0.156. The number of hydrogen-bond donors (Lipinski definition) is 2. The zero-order valence-corrected chi connectivity index (χ0v) is 12.2. The molecule has 3 rings (SSSR count). The van der Waals surface area contributed by atoms with Gasteiger partial charge in [0.15, 0.2) is 0 Å². The normalized spacial score (nSPS) is 10.6. The van der Waals surface area contributed by atoms with Crippen LogP contribution in [0, 0.1) is 0 Å². The number of ketones is 1. The second kappa shape index (κ2) is 5.85.